The Morgan fingerprint density at radius 3 is 2.56 bits per heavy atom. The van der Waals surface area contributed by atoms with Crippen LogP contribution < -0.4 is 9.46 Å². The third-order valence-corrected chi connectivity index (χ3v) is 10.6. The average molecular weight is 697 g/mol. The summed E-state index contributed by atoms with van der Waals surface area (Å²) in [6.07, 6.45) is 4.07. The Balaban J connectivity index is 1.34. The molecule has 0 aliphatic carbocycles. The van der Waals surface area contributed by atoms with E-state index >= 15 is 0 Å². The monoisotopic (exact) mass is 696 g/mol. The van der Waals surface area contributed by atoms with E-state index in [0.717, 1.165) is 35.3 Å². The summed E-state index contributed by atoms with van der Waals surface area (Å²) in [5.41, 5.74) is 5.11. The van der Waals surface area contributed by atoms with Gasteiger partial charge in [0, 0.05) is 42.4 Å². The number of sulfonamides is 1. The third-order valence-electron chi connectivity index (χ3n) is 9.25. The number of nitrogens with zero attached hydrogens (tertiary/aromatic N) is 5. The normalized spacial score (nSPS) is 19.3. The van der Waals surface area contributed by atoms with Gasteiger partial charge in [-0.1, -0.05) is 38.1 Å². The van der Waals surface area contributed by atoms with Gasteiger partial charge in [-0.2, -0.15) is 4.98 Å². The van der Waals surface area contributed by atoms with E-state index in [9.17, 15) is 13.2 Å². The fourth-order valence-corrected chi connectivity index (χ4v) is 7.65. The van der Waals surface area contributed by atoms with Crippen LogP contribution >= 0.6 is 0 Å². The summed E-state index contributed by atoms with van der Waals surface area (Å²) in [4.78, 5) is 34.6. The highest BCUT2D eigenvalue weighted by atomic mass is 32.2. The molecule has 13 heteroatoms. The van der Waals surface area contributed by atoms with Gasteiger partial charge >= 0.3 is 0 Å². The van der Waals surface area contributed by atoms with E-state index in [-0.39, 0.29) is 53.2 Å². The molecule has 2 atom stereocenters. The molecular formula is C37H40N6O6S. The number of aromatic nitrogens is 4. The van der Waals surface area contributed by atoms with E-state index < -0.39 is 16.1 Å². The highest BCUT2D eigenvalue weighted by Gasteiger charge is 2.32. The second kappa shape index (κ2) is 13.8. The van der Waals surface area contributed by atoms with Crippen molar-refractivity contribution in [2.24, 2.45) is 5.92 Å². The van der Waals surface area contributed by atoms with Crippen molar-refractivity contribution < 1.29 is 27.1 Å². The van der Waals surface area contributed by atoms with Gasteiger partial charge in [0.2, 0.25) is 17.5 Å². The van der Waals surface area contributed by atoms with Gasteiger partial charge in [-0.3, -0.25) is 4.79 Å². The zero-order valence-corrected chi connectivity index (χ0v) is 29.4. The van der Waals surface area contributed by atoms with E-state index in [1.165, 1.54) is 12.1 Å². The van der Waals surface area contributed by atoms with Gasteiger partial charge in [-0.25, -0.2) is 28.1 Å². The molecule has 12 nitrogen and oxygen atoms in total. The van der Waals surface area contributed by atoms with Crippen molar-refractivity contribution in [3.05, 3.63) is 88.9 Å². The Morgan fingerprint density at radius 2 is 1.80 bits per heavy atom. The average Bonchev–Trinajstić information content (AvgIpc) is 3.53. The second-order valence-electron chi connectivity index (χ2n) is 13.4. The number of carbonyl (C=O) groups excluding carboxylic acids is 1. The standard InChI is InChI=1S/C37H40N6O6S/c1-22(2)32-16-31-35(49-32)38-18-27(39-31)19-43-28(14-25-10-7-13-47-20-25)21-48-33-17-30(34-23(3)8-5-9-24(34)4)40-37(41-33)42-50(45,46)29-12-6-11-26(15-29)36(43)44/h5-6,8-9,11-12,15-18,22,25,28H,7,10,13-14,19-21H2,1-4H3,(H,40,41,42)/t25?,28-/m1/s1. The quantitative estimate of drug-likeness (QED) is 0.210. The van der Waals surface area contributed by atoms with Crippen LogP contribution in [0.25, 0.3) is 22.5 Å². The van der Waals surface area contributed by atoms with Crippen LogP contribution in [0.4, 0.5) is 5.95 Å². The highest BCUT2D eigenvalue weighted by molar-refractivity contribution is 7.92. The molecule has 1 amide bonds. The van der Waals surface area contributed by atoms with Crippen molar-refractivity contribution in [3.63, 3.8) is 0 Å². The summed E-state index contributed by atoms with van der Waals surface area (Å²) in [5.74, 6) is 0.797. The van der Waals surface area contributed by atoms with Gasteiger partial charge in [0.15, 0.2) is 0 Å². The predicted octanol–water partition coefficient (Wildman–Crippen LogP) is 6.44. The maximum atomic E-state index is 14.6. The summed E-state index contributed by atoms with van der Waals surface area (Å²) >= 11 is 0. The van der Waals surface area contributed by atoms with Gasteiger partial charge in [-0.15, -0.1) is 0 Å². The van der Waals surface area contributed by atoms with Crippen LogP contribution in [-0.4, -0.2) is 65.0 Å². The lowest BCUT2D eigenvalue weighted by Crippen LogP contribution is -2.45. The lowest BCUT2D eigenvalue weighted by Gasteiger charge is -2.35. The van der Waals surface area contributed by atoms with Crippen LogP contribution in [0.15, 0.2) is 70.1 Å². The fourth-order valence-electron chi connectivity index (χ4n) is 6.66. The molecule has 2 aromatic carbocycles. The van der Waals surface area contributed by atoms with Gasteiger partial charge in [0.25, 0.3) is 15.9 Å². The zero-order valence-electron chi connectivity index (χ0n) is 28.5. The maximum absolute atomic E-state index is 14.6. The molecule has 0 spiro atoms. The van der Waals surface area contributed by atoms with Crippen LogP contribution in [0.5, 0.6) is 5.88 Å². The van der Waals surface area contributed by atoms with Gasteiger partial charge in [0.1, 0.15) is 17.9 Å². The summed E-state index contributed by atoms with van der Waals surface area (Å²) in [6.45, 7) is 9.47. The molecule has 0 saturated carbocycles. The van der Waals surface area contributed by atoms with E-state index in [4.69, 9.17) is 18.9 Å². The van der Waals surface area contributed by atoms with E-state index in [1.807, 2.05) is 52.0 Å². The minimum Gasteiger partial charge on any atom is -0.475 e. The summed E-state index contributed by atoms with van der Waals surface area (Å²) in [5, 5.41) is 0. The Hall–Kier alpha value is -4.88. The Kier molecular flexibility index (Phi) is 9.27. The summed E-state index contributed by atoms with van der Waals surface area (Å²) in [6, 6.07) is 15.0. The summed E-state index contributed by atoms with van der Waals surface area (Å²) in [7, 11) is -4.19. The molecule has 1 saturated heterocycles. The molecule has 4 bridgehead atoms. The van der Waals surface area contributed by atoms with Crippen LogP contribution in [0.1, 0.15) is 72.0 Å². The number of nitrogens with one attached hydrogen (secondary N) is 1. The van der Waals surface area contributed by atoms with Crippen molar-refractivity contribution in [3.8, 4) is 17.1 Å². The molecule has 7 rings (SSSR count). The first-order valence-electron chi connectivity index (χ1n) is 16.9. The largest absolute Gasteiger partial charge is 0.475 e. The van der Waals surface area contributed by atoms with E-state index in [0.29, 0.717) is 42.3 Å². The van der Waals surface area contributed by atoms with Crippen molar-refractivity contribution >= 4 is 33.1 Å². The number of hydrogen-bond donors (Lipinski definition) is 1. The molecule has 3 aromatic heterocycles. The minimum absolute atomic E-state index is 0.0796. The number of fused-ring (bicyclic) bond motifs is 5. The van der Waals surface area contributed by atoms with Gasteiger partial charge in [0.05, 0.1) is 35.1 Å². The number of anilines is 1. The first-order chi connectivity index (χ1) is 24.0. The number of carbonyl (C=O) groups is 1. The van der Waals surface area contributed by atoms with Gasteiger partial charge < -0.3 is 18.8 Å². The zero-order chi connectivity index (χ0) is 35.0. The molecule has 1 unspecified atom stereocenters. The maximum Gasteiger partial charge on any atom is 0.264 e. The topological polar surface area (TPSA) is 150 Å². The predicted molar refractivity (Wildman–Crippen MR) is 187 cm³/mol. The number of ether oxygens (including phenoxy) is 2. The lowest BCUT2D eigenvalue weighted by molar-refractivity contribution is 0.0250. The summed E-state index contributed by atoms with van der Waals surface area (Å²) < 4.78 is 48.1. The SMILES string of the molecule is Cc1cccc(C)c1-c1cc2nc(n1)NS(=O)(=O)c1cccc(c1)C(=O)N(Cc1cnc3oc(C(C)C)cc3n1)[C@H](CC1CCCOC1)CO2. The Labute approximate surface area is 291 Å². The van der Waals surface area contributed by atoms with Crippen LogP contribution in [0, 0.1) is 19.8 Å². The number of rotatable bonds is 6. The molecule has 50 heavy (non-hydrogen) atoms. The molecule has 2 aliphatic heterocycles. The first kappa shape index (κ1) is 33.6. The molecule has 0 radical (unpaired) electrons. The van der Waals surface area contributed by atoms with Crippen LogP contribution in [0.3, 0.4) is 0 Å². The molecule has 1 N–H and O–H groups in total. The number of aryl methyl sites for hydroxylation is 2. The van der Waals surface area contributed by atoms with Crippen molar-refractivity contribution in [1.29, 1.82) is 0 Å². The lowest BCUT2D eigenvalue weighted by atomic mass is 9.93. The Bertz CT molecular complexity index is 2140. The van der Waals surface area contributed by atoms with Crippen molar-refractivity contribution in [1.82, 2.24) is 24.8 Å². The number of amides is 1. The Morgan fingerprint density at radius 1 is 1.00 bits per heavy atom. The van der Waals surface area contributed by atoms with Crippen molar-refractivity contribution in [2.45, 2.75) is 70.4 Å². The fraction of sp³-hybridized carbons (Fsp3) is 0.378. The van der Waals surface area contributed by atoms with E-state index in [2.05, 4.69) is 19.7 Å². The second-order valence-corrected chi connectivity index (χ2v) is 15.1. The third kappa shape index (κ3) is 7.06. The first-order valence-corrected chi connectivity index (χ1v) is 18.4. The van der Waals surface area contributed by atoms with Crippen LogP contribution in [-0.2, 0) is 21.3 Å². The number of hydrogen-bond acceptors (Lipinski definition) is 10. The number of furan rings is 1. The molecular weight excluding hydrogens is 657 g/mol. The van der Waals surface area contributed by atoms with E-state index in [1.54, 1.807) is 29.3 Å². The molecule has 5 heterocycles. The van der Waals surface area contributed by atoms with Gasteiger partial charge in [-0.05, 0) is 68.4 Å². The van der Waals surface area contributed by atoms with Crippen molar-refractivity contribution in [2.75, 3.05) is 24.5 Å². The highest BCUT2D eigenvalue weighted by Crippen LogP contribution is 2.31. The minimum atomic E-state index is -4.19. The van der Waals surface area contributed by atoms with Crippen LogP contribution in [0.2, 0.25) is 0 Å². The molecule has 2 aliphatic rings. The number of benzene rings is 2. The smallest absolute Gasteiger partial charge is 0.264 e. The molecule has 1 fully saturated rings. The molecule has 5 aromatic rings. The molecule has 260 valence electrons.